The Labute approximate surface area is 78.1 Å². The van der Waals surface area contributed by atoms with Gasteiger partial charge in [-0.05, 0) is 12.1 Å². The maximum atomic E-state index is 11.8. The average Bonchev–Trinajstić information content (AvgIpc) is 2.06. The third-order valence-corrected chi connectivity index (χ3v) is 1.38. The van der Waals surface area contributed by atoms with Crippen molar-refractivity contribution in [3.63, 3.8) is 0 Å². The highest BCUT2D eigenvalue weighted by Gasteiger charge is 2.12. The fourth-order valence-corrected chi connectivity index (χ4v) is 0.903. The second kappa shape index (κ2) is 4.50. The van der Waals surface area contributed by atoms with E-state index in [1.54, 1.807) is 0 Å². The number of pyridine rings is 1. The highest BCUT2D eigenvalue weighted by Crippen LogP contribution is 2.18. The zero-order chi connectivity index (χ0) is 10.6. The van der Waals surface area contributed by atoms with Crippen molar-refractivity contribution in [2.45, 2.75) is 13.0 Å². The maximum absolute atomic E-state index is 11.8. The summed E-state index contributed by atoms with van der Waals surface area (Å²) in [5.41, 5.74) is -0.0136. The number of rotatable bonds is 4. The lowest BCUT2D eigenvalue weighted by Crippen LogP contribution is -2.08. The average molecular weight is 203 g/mol. The van der Waals surface area contributed by atoms with Crippen LogP contribution in [-0.2, 0) is 11.2 Å². The van der Waals surface area contributed by atoms with Crippen LogP contribution in [0.15, 0.2) is 18.3 Å². The van der Waals surface area contributed by atoms with Crippen LogP contribution < -0.4 is 4.74 Å². The van der Waals surface area contributed by atoms with Gasteiger partial charge in [-0.1, -0.05) is 0 Å². The molecule has 0 radical (unpaired) electrons. The lowest BCUT2D eigenvalue weighted by molar-refractivity contribution is -0.136. The molecule has 0 aromatic carbocycles. The van der Waals surface area contributed by atoms with Crippen molar-refractivity contribution in [3.05, 3.63) is 24.0 Å². The quantitative estimate of drug-likeness (QED) is 0.801. The third kappa shape index (κ3) is 2.96. The van der Waals surface area contributed by atoms with E-state index in [0.29, 0.717) is 0 Å². The normalized spacial score (nSPS) is 10.2. The van der Waals surface area contributed by atoms with Crippen molar-refractivity contribution in [1.82, 2.24) is 4.98 Å². The molecule has 6 heteroatoms. The van der Waals surface area contributed by atoms with E-state index in [0.717, 1.165) is 0 Å². The standard InChI is InChI=1S/C8H7F2NO3/c9-8(10)14-6-2-1-3-11-5(6)4-7(12)13/h1-3,8H,4H2,(H,12,13). The Morgan fingerprint density at radius 3 is 2.93 bits per heavy atom. The van der Waals surface area contributed by atoms with Crippen molar-refractivity contribution in [1.29, 1.82) is 0 Å². The Kier molecular flexibility index (Phi) is 3.33. The molecule has 1 aromatic rings. The summed E-state index contributed by atoms with van der Waals surface area (Å²) in [7, 11) is 0. The molecule has 0 unspecified atom stereocenters. The molecule has 0 bridgehead atoms. The number of carboxylic acid groups (broad SMARTS) is 1. The summed E-state index contributed by atoms with van der Waals surface area (Å²) in [6.07, 6.45) is 0.875. The number of hydrogen-bond acceptors (Lipinski definition) is 3. The van der Waals surface area contributed by atoms with E-state index in [-0.39, 0.29) is 11.4 Å². The summed E-state index contributed by atoms with van der Waals surface area (Å²) in [5.74, 6) is -1.35. The monoisotopic (exact) mass is 203 g/mol. The Morgan fingerprint density at radius 2 is 2.36 bits per heavy atom. The SMILES string of the molecule is O=C(O)Cc1ncccc1OC(F)F. The molecule has 0 fully saturated rings. The van der Waals surface area contributed by atoms with E-state index in [1.165, 1.54) is 18.3 Å². The minimum Gasteiger partial charge on any atom is -0.481 e. The van der Waals surface area contributed by atoms with Gasteiger partial charge in [0.05, 0.1) is 12.1 Å². The number of hydrogen-bond donors (Lipinski definition) is 1. The number of carbonyl (C=O) groups is 1. The maximum Gasteiger partial charge on any atom is 0.387 e. The Morgan fingerprint density at radius 1 is 1.64 bits per heavy atom. The van der Waals surface area contributed by atoms with E-state index < -0.39 is 19.0 Å². The van der Waals surface area contributed by atoms with Crippen LogP contribution in [0, 0.1) is 0 Å². The van der Waals surface area contributed by atoms with Gasteiger partial charge in [-0.15, -0.1) is 0 Å². The van der Waals surface area contributed by atoms with Crippen molar-refractivity contribution in [2.75, 3.05) is 0 Å². The summed E-state index contributed by atoms with van der Waals surface area (Å²) in [6, 6.07) is 2.64. The molecule has 1 heterocycles. The molecule has 1 rings (SSSR count). The third-order valence-electron chi connectivity index (χ3n) is 1.38. The van der Waals surface area contributed by atoms with E-state index in [1.807, 2.05) is 0 Å². The first-order chi connectivity index (χ1) is 6.59. The van der Waals surface area contributed by atoms with Crippen molar-refractivity contribution in [3.8, 4) is 5.75 Å². The number of aliphatic carboxylic acids is 1. The van der Waals surface area contributed by atoms with Gasteiger partial charge in [-0.2, -0.15) is 8.78 Å². The molecule has 1 aromatic heterocycles. The Bertz CT molecular complexity index is 330. The zero-order valence-corrected chi connectivity index (χ0v) is 6.98. The number of nitrogens with zero attached hydrogens (tertiary/aromatic N) is 1. The fraction of sp³-hybridized carbons (Fsp3) is 0.250. The molecule has 0 aliphatic carbocycles. The van der Waals surface area contributed by atoms with E-state index >= 15 is 0 Å². The minimum absolute atomic E-state index is 0.0136. The summed E-state index contributed by atoms with van der Waals surface area (Å²) in [4.78, 5) is 14.0. The van der Waals surface area contributed by atoms with Gasteiger partial charge in [-0.25, -0.2) is 0 Å². The summed E-state index contributed by atoms with van der Waals surface area (Å²) in [6.45, 7) is -2.98. The second-order valence-electron chi connectivity index (χ2n) is 2.40. The number of ether oxygens (including phenoxy) is 1. The number of carboxylic acids is 1. The largest absolute Gasteiger partial charge is 0.481 e. The van der Waals surface area contributed by atoms with Crippen LogP contribution >= 0.6 is 0 Å². The molecule has 76 valence electrons. The first-order valence-corrected chi connectivity index (χ1v) is 3.70. The molecule has 0 atom stereocenters. The van der Waals surface area contributed by atoms with Crippen LogP contribution in [0.4, 0.5) is 8.78 Å². The first-order valence-electron chi connectivity index (χ1n) is 3.70. The molecule has 14 heavy (non-hydrogen) atoms. The Balaban J connectivity index is 2.85. The predicted molar refractivity (Wildman–Crippen MR) is 42.2 cm³/mol. The lowest BCUT2D eigenvalue weighted by Gasteiger charge is -2.07. The van der Waals surface area contributed by atoms with Gasteiger partial charge in [0.1, 0.15) is 5.75 Å². The van der Waals surface area contributed by atoms with Crippen molar-refractivity contribution >= 4 is 5.97 Å². The second-order valence-corrected chi connectivity index (χ2v) is 2.40. The molecule has 0 aliphatic heterocycles. The van der Waals surface area contributed by atoms with Gasteiger partial charge >= 0.3 is 12.6 Å². The van der Waals surface area contributed by atoms with Gasteiger partial charge < -0.3 is 9.84 Å². The van der Waals surface area contributed by atoms with Crippen molar-refractivity contribution < 1.29 is 23.4 Å². The molecule has 0 saturated carbocycles. The van der Waals surface area contributed by atoms with E-state index in [9.17, 15) is 13.6 Å². The molecule has 0 amide bonds. The lowest BCUT2D eigenvalue weighted by atomic mass is 10.2. The topological polar surface area (TPSA) is 59.4 Å². The van der Waals surface area contributed by atoms with Gasteiger partial charge in [0.2, 0.25) is 0 Å². The van der Waals surface area contributed by atoms with Gasteiger partial charge in [0, 0.05) is 6.20 Å². The van der Waals surface area contributed by atoms with Gasteiger partial charge in [-0.3, -0.25) is 9.78 Å². The van der Waals surface area contributed by atoms with Crippen LogP contribution in [-0.4, -0.2) is 22.7 Å². The minimum atomic E-state index is -2.98. The zero-order valence-electron chi connectivity index (χ0n) is 6.98. The van der Waals surface area contributed by atoms with Crippen molar-refractivity contribution in [2.24, 2.45) is 0 Å². The van der Waals surface area contributed by atoms with E-state index in [2.05, 4.69) is 9.72 Å². The van der Waals surface area contributed by atoms with Gasteiger partial charge in [0.25, 0.3) is 0 Å². The molecule has 0 spiro atoms. The summed E-state index contributed by atoms with van der Waals surface area (Å²) in [5, 5.41) is 8.44. The van der Waals surface area contributed by atoms with Crippen LogP contribution in [0.1, 0.15) is 5.69 Å². The molecule has 0 saturated heterocycles. The summed E-state index contributed by atoms with van der Waals surface area (Å²) < 4.78 is 27.8. The van der Waals surface area contributed by atoms with Gasteiger partial charge in [0.15, 0.2) is 0 Å². The van der Waals surface area contributed by atoms with Crippen LogP contribution in [0.2, 0.25) is 0 Å². The Hall–Kier alpha value is -1.72. The number of halogens is 2. The highest BCUT2D eigenvalue weighted by atomic mass is 19.3. The number of aromatic nitrogens is 1. The van der Waals surface area contributed by atoms with Crippen LogP contribution in [0.3, 0.4) is 0 Å². The molecule has 0 aliphatic rings. The van der Waals surface area contributed by atoms with Crippen LogP contribution in [0.5, 0.6) is 5.75 Å². The van der Waals surface area contributed by atoms with Crippen LogP contribution in [0.25, 0.3) is 0 Å². The fourth-order valence-electron chi connectivity index (χ4n) is 0.903. The molecular formula is C8H7F2NO3. The number of alkyl halides is 2. The van der Waals surface area contributed by atoms with E-state index in [4.69, 9.17) is 5.11 Å². The molecular weight excluding hydrogens is 196 g/mol. The smallest absolute Gasteiger partial charge is 0.387 e. The summed E-state index contributed by atoms with van der Waals surface area (Å²) >= 11 is 0. The predicted octanol–water partition coefficient (Wildman–Crippen LogP) is 1.31. The first kappa shape index (κ1) is 10.4. The molecule has 4 nitrogen and oxygen atoms in total. The molecule has 1 N–H and O–H groups in total. The highest BCUT2D eigenvalue weighted by molar-refractivity contribution is 5.70.